The minimum atomic E-state index is -0.753. The number of thioether (sulfide) groups is 1. The average molecular weight is 275 g/mol. The van der Waals surface area contributed by atoms with Gasteiger partial charge in [-0.1, -0.05) is 6.42 Å². The molecule has 1 atom stereocenters. The molecule has 0 bridgehead atoms. The topological polar surface area (TPSA) is 69.6 Å². The van der Waals surface area contributed by atoms with Crippen molar-refractivity contribution in [3.8, 4) is 0 Å². The van der Waals surface area contributed by atoms with E-state index in [1.807, 2.05) is 11.8 Å². The number of carbonyl (C=O) groups is 1. The van der Waals surface area contributed by atoms with Crippen LogP contribution in [0, 0.1) is 0 Å². The smallest absolute Gasteiger partial charge is 0.323 e. The van der Waals surface area contributed by atoms with Crippen LogP contribution in [0.4, 0.5) is 0 Å². The number of carboxylic acids is 1. The summed E-state index contributed by atoms with van der Waals surface area (Å²) in [6.45, 7) is 2.06. The van der Waals surface area contributed by atoms with Crippen LogP contribution < -0.4 is 5.32 Å². The summed E-state index contributed by atoms with van der Waals surface area (Å²) in [6, 6.07) is 0.421. The van der Waals surface area contributed by atoms with Crippen molar-refractivity contribution in [3.63, 3.8) is 0 Å². The maximum Gasteiger partial charge on any atom is 0.323 e. The van der Waals surface area contributed by atoms with E-state index >= 15 is 0 Å². The fraction of sp³-hybridized carbons (Fsp3) is 0.923. The molecule has 0 saturated heterocycles. The monoisotopic (exact) mass is 275 g/mol. The molecule has 18 heavy (non-hydrogen) atoms. The van der Waals surface area contributed by atoms with E-state index in [0.717, 1.165) is 43.6 Å². The first kappa shape index (κ1) is 15.8. The van der Waals surface area contributed by atoms with Gasteiger partial charge in [0.15, 0.2) is 0 Å². The van der Waals surface area contributed by atoms with E-state index < -0.39 is 11.5 Å². The zero-order valence-corrected chi connectivity index (χ0v) is 12.0. The summed E-state index contributed by atoms with van der Waals surface area (Å²) in [5.41, 5.74) is -0.753. The average Bonchev–Trinajstić information content (AvgIpc) is 3.11. The fourth-order valence-electron chi connectivity index (χ4n) is 1.87. The van der Waals surface area contributed by atoms with E-state index in [9.17, 15) is 9.90 Å². The molecule has 1 saturated carbocycles. The lowest BCUT2D eigenvalue weighted by molar-refractivity contribution is -0.144. The number of unbranched alkanes of at least 4 members (excludes halogenated alkanes) is 1. The van der Waals surface area contributed by atoms with Crippen LogP contribution in [-0.2, 0) is 4.79 Å². The van der Waals surface area contributed by atoms with Crippen molar-refractivity contribution in [3.05, 3.63) is 0 Å². The van der Waals surface area contributed by atoms with Crippen molar-refractivity contribution < 1.29 is 15.0 Å². The van der Waals surface area contributed by atoms with E-state index in [-0.39, 0.29) is 6.61 Å². The molecule has 0 heterocycles. The predicted molar refractivity (Wildman–Crippen MR) is 75.1 cm³/mol. The standard InChI is InChI=1S/C13H25NO3S/c1-13(12(16)17,14-11-5-6-11)7-2-3-9-18-10-4-8-15/h11,14-15H,2-10H2,1H3,(H,16,17). The quantitative estimate of drug-likeness (QED) is 0.502. The Labute approximate surface area is 114 Å². The highest BCUT2D eigenvalue weighted by atomic mass is 32.2. The number of hydrogen-bond donors (Lipinski definition) is 3. The molecule has 0 aliphatic heterocycles. The van der Waals surface area contributed by atoms with Gasteiger partial charge in [0.1, 0.15) is 5.54 Å². The Morgan fingerprint density at radius 2 is 2.00 bits per heavy atom. The minimum Gasteiger partial charge on any atom is -0.480 e. The fourth-order valence-corrected chi connectivity index (χ4v) is 2.82. The Morgan fingerprint density at radius 3 is 2.56 bits per heavy atom. The van der Waals surface area contributed by atoms with E-state index in [1.165, 1.54) is 0 Å². The van der Waals surface area contributed by atoms with Crippen LogP contribution in [0.1, 0.15) is 45.4 Å². The van der Waals surface area contributed by atoms with Crippen LogP contribution in [0.2, 0.25) is 0 Å². The van der Waals surface area contributed by atoms with Gasteiger partial charge in [-0.15, -0.1) is 0 Å². The maximum absolute atomic E-state index is 11.3. The highest BCUT2D eigenvalue weighted by molar-refractivity contribution is 7.99. The summed E-state index contributed by atoms with van der Waals surface area (Å²) in [4.78, 5) is 11.3. The SMILES string of the molecule is CC(CCCCSCCCO)(NC1CC1)C(=O)O. The van der Waals surface area contributed by atoms with Gasteiger partial charge in [0.2, 0.25) is 0 Å². The van der Waals surface area contributed by atoms with Crippen LogP contribution in [0.15, 0.2) is 0 Å². The summed E-state index contributed by atoms with van der Waals surface area (Å²) in [5, 5.41) is 21.2. The van der Waals surface area contributed by atoms with Crippen LogP contribution in [0.5, 0.6) is 0 Å². The number of nitrogens with one attached hydrogen (secondary N) is 1. The Morgan fingerprint density at radius 1 is 1.33 bits per heavy atom. The highest BCUT2D eigenvalue weighted by Crippen LogP contribution is 2.25. The van der Waals surface area contributed by atoms with Gasteiger partial charge in [-0.2, -0.15) is 11.8 Å². The van der Waals surface area contributed by atoms with Gasteiger partial charge < -0.3 is 10.2 Å². The summed E-state index contributed by atoms with van der Waals surface area (Å²) >= 11 is 1.84. The van der Waals surface area contributed by atoms with Crippen molar-refractivity contribution in [1.82, 2.24) is 5.32 Å². The predicted octanol–water partition coefficient (Wildman–Crippen LogP) is 1.87. The molecule has 106 valence electrons. The van der Waals surface area contributed by atoms with Crippen molar-refractivity contribution in [1.29, 1.82) is 0 Å². The van der Waals surface area contributed by atoms with Crippen LogP contribution in [0.25, 0.3) is 0 Å². The zero-order chi connectivity index (χ0) is 13.4. The van der Waals surface area contributed by atoms with Gasteiger partial charge in [-0.05, 0) is 50.5 Å². The number of aliphatic hydroxyl groups is 1. The molecule has 0 spiro atoms. The highest BCUT2D eigenvalue weighted by Gasteiger charge is 2.37. The maximum atomic E-state index is 11.3. The lowest BCUT2D eigenvalue weighted by Crippen LogP contribution is -2.50. The lowest BCUT2D eigenvalue weighted by Gasteiger charge is -2.26. The van der Waals surface area contributed by atoms with Crippen LogP contribution in [-0.4, -0.2) is 45.9 Å². The van der Waals surface area contributed by atoms with Crippen molar-refractivity contribution >= 4 is 17.7 Å². The lowest BCUT2D eigenvalue weighted by atomic mass is 9.95. The molecule has 0 aromatic carbocycles. The molecule has 0 aromatic heterocycles. The largest absolute Gasteiger partial charge is 0.480 e. The Bertz CT molecular complexity index is 259. The normalized spacial score (nSPS) is 18.6. The Hall–Kier alpha value is -0.260. The number of hydrogen-bond acceptors (Lipinski definition) is 4. The van der Waals surface area contributed by atoms with Gasteiger partial charge in [0.25, 0.3) is 0 Å². The third-order valence-corrected chi connectivity index (χ3v) is 4.39. The molecule has 0 aromatic rings. The summed E-state index contributed by atoms with van der Waals surface area (Å²) in [6.07, 6.45) is 5.75. The molecule has 0 radical (unpaired) electrons. The molecule has 1 aliphatic carbocycles. The second kappa shape index (κ2) is 8.02. The number of aliphatic carboxylic acids is 1. The molecule has 1 aliphatic rings. The van der Waals surface area contributed by atoms with Gasteiger partial charge >= 0.3 is 5.97 Å². The molecule has 0 amide bonds. The molecule has 1 unspecified atom stereocenters. The zero-order valence-electron chi connectivity index (χ0n) is 11.2. The summed E-state index contributed by atoms with van der Waals surface area (Å²) < 4.78 is 0. The molecule has 3 N–H and O–H groups in total. The third kappa shape index (κ3) is 6.07. The van der Waals surface area contributed by atoms with Crippen molar-refractivity contribution in [2.45, 2.75) is 57.0 Å². The third-order valence-electron chi connectivity index (χ3n) is 3.23. The van der Waals surface area contributed by atoms with Crippen LogP contribution >= 0.6 is 11.8 Å². The van der Waals surface area contributed by atoms with E-state index in [4.69, 9.17) is 5.11 Å². The van der Waals surface area contributed by atoms with E-state index in [2.05, 4.69) is 5.32 Å². The summed E-state index contributed by atoms with van der Waals surface area (Å²) in [5.74, 6) is 1.31. The second-order valence-corrected chi connectivity index (χ2v) is 6.43. The summed E-state index contributed by atoms with van der Waals surface area (Å²) in [7, 11) is 0. The molecule has 5 heteroatoms. The molecule has 1 fully saturated rings. The first-order chi connectivity index (χ1) is 8.58. The number of rotatable bonds is 11. The molecular formula is C13H25NO3S. The van der Waals surface area contributed by atoms with E-state index in [0.29, 0.717) is 12.5 Å². The van der Waals surface area contributed by atoms with Gasteiger partial charge in [0, 0.05) is 12.6 Å². The first-order valence-corrected chi connectivity index (χ1v) is 7.93. The first-order valence-electron chi connectivity index (χ1n) is 6.78. The Balaban J connectivity index is 2.11. The number of carboxylic acid groups (broad SMARTS) is 1. The van der Waals surface area contributed by atoms with Crippen molar-refractivity contribution in [2.75, 3.05) is 18.1 Å². The number of aliphatic hydroxyl groups excluding tert-OH is 1. The van der Waals surface area contributed by atoms with Gasteiger partial charge in [0.05, 0.1) is 0 Å². The van der Waals surface area contributed by atoms with Gasteiger partial charge in [-0.3, -0.25) is 10.1 Å². The van der Waals surface area contributed by atoms with Gasteiger partial charge in [-0.25, -0.2) is 0 Å². The minimum absolute atomic E-state index is 0.259. The van der Waals surface area contributed by atoms with Crippen LogP contribution in [0.3, 0.4) is 0 Å². The molecule has 4 nitrogen and oxygen atoms in total. The van der Waals surface area contributed by atoms with Crippen molar-refractivity contribution in [2.24, 2.45) is 0 Å². The Kier molecular flexibility index (Phi) is 7.04. The molecule has 1 rings (SSSR count). The van der Waals surface area contributed by atoms with E-state index in [1.54, 1.807) is 6.92 Å². The molecular weight excluding hydrogens is 250 g/mol. The second-order valence-electron chi connectivity index (χ2n) is 5.20.